The van der Waals surface area contributed by atoms with Crippen molar-refractivity contribution in [2.24, 2.45) is 0 Å². The highest BCUT2D eigenvalue weighted by Gasteiger charge is 2.20. The molecule has 0 saturated heterocycles. The van der Waals surface area contributed by atoms with Crippen molar-refractivity contribution in [1.29, 1.82) is 0 Å². The van der Waals surface area contributed by atoms with E-state index in [1.807, 2.05) is 0 Å². The maximum Gasteiger partial charge on any atom is 0.519 e. The SMILES string of the molecule is CN(CCc1oc(=O)oc1-c1ccc(F)cc1)C1CCCCC1.Cl. The van der Waals surface area contributed by atoms with E-state index in [1.165, 1.54) is 44.2 Å². The highest BCUT2D eigenvalue weighted by atomic mass is 35.5. The second-order valence-electron chi connectivity index (χ2n) is 6.24. The predicted octanol–water partition coefficient (Wildman–Crippen LogP) is 4.27. The molecular formula is C18H23ClFNO3. The van der Waals surface area contributed by atoms with Crippen molar-refractivity contribution in [3.63, 3.8) is 0 Å². The van der Waals surface area contributed by atoms with Gasteiger partial charge in [0.2, 0.25) is 0 Å². The summed E-state index contributed by atoms with van der Waals surface area (Å²) < 4.78 is 23.4. The number of hydrogen-bond donors (Lipinski definition) is 0. The average molecular weight is 356 g/mol. The first-order chi connectivity index (χ1) is 11.1. The van der Waals surface area contributed by atoms with Crippen molar-refractivity contribution >= 4 is 12.4 Å². The molecule has 1 aliphatic rings. The number of benzene rings is 1. The van der Waals surface area contributed by atoms with E-state index in [0.29, 0.717) is 29.5 Å². The van der Waals surface area contributed by atoms with Crippen molar-refractivity contribution in [1.82, 2.24) is 4.90 Å². The van der Waals surface area contributed by atoms with Gasteiger partial charge in [-0.2, -0.15) is 0 Å². The molecule has 24 heavy (non-hydrogen) atoms. The van der Waals surface area contributed by atoms with Crippen molar-refractivity contribution in [3.05, 3.63) is 46.5 Å². The van der Waals surface area contributed by atoms with Crippen LogP contribution in [0.3, 0.4) is 0 Å². The number of hydrogen-bond acceptors (Lipinski definition) is 4. The van der Waals surface area contributed by atoms with Crippen molar-refractivity contribution in [3.8, 4) is 11.3 Å². The Labute approximate surface area is 147 Å². The molecule has 0 N–H and O–H groups in total. The maximum absolute atomic E-state index is 13.0. The molecule has 0 atom stereocenters. The Bertz CT molecular complexity index is 689. The predicted molar refractivity (Wildman–Crippen MR) is 93.1 cm³/mol. The molecule has 0 unspecified atom stereocenters. The molecule has 0 spiro atoms. The van der Waals surface area contributed by atoms with Gasteiger partial charge in [-0.1, -0.05) is 19.3 Å². The van der Waals surface area contributed by atoms with Gasteiger partial charge in [-0.25, -0.2) is 9.18 Å². The Morgan fingerprint density at radius 3 is 2.46 bits per heavy atom. The standard InChI is InChI=1S/C18H22FNO3.ClH/c1-20(15-5-3-2-4-6-15)12-11-16-17(23-18(21)22-16)13-7-9-14(19)10-8-13;/h7-10,15H,2-6,11-12H2,1H3;1H. The molecular weight excluding hydrogens is 333 g/mol. The lowest BCUT2D eigenvalue weighted by atomic mass is 9.94. The second-order valence-corrected chi connectivity index (χ2v) is 6.24. The van der Waals surface area contributed by atoms with Crippen LogP contribution < -0.4 is 5.82 Å². The zero-order chi connectivity index (χ0) is 16.2. The lowest BCUT2D eigenvalue weighted by Gasteiger charge is -2.30. The fourth-order valence-corrected chi connectivity index (χ4v) is 3.28. The van der Waals surface area contributed by atoms with E-state index in [-0.39, 0.29) is 18.2 Å². The van der Waals surface area contributed by atoms with Gasteiger partial charge in [0.1, 0.15) is 5.82 Å². The third-order valence-electron chi connectivity index (χ3n) is 4.64. The molecule has 6 heteroatoms. The number of likely N-dealkylation sites (N-methyl/N-ethyl adjacent to an activating group) is 1. The van der Waals surface area contributed by atoms with Crippen LogP contribution in [0.5, 0.6) is 0 Å². The van der Waals surface area contributed by atoms with Gasteiger partial charge >= 0.3 is 5.82 Å². The van der Waals surface area contributed by atoms with Gasteiger partial charge in [0, 0.05) is 24.6 Å². The second kappa shape index (κ2) is 8.49. The minimum Gasteiger partial charge on any atom is -0.395 e. The van der Waals surface area contributed by atoms with Gasteiger partial charge in [0.25, 0.3) is 0 Å². The van der Waals surface area contributed by atoms with E-state index in [4.69, 9.17) is 8.83 Å². The summed E-state index contributed by atoms with van der Waals surface area (Å²) >= 11 is 0. The summed E-state index contributed by atoms with van der Waals surface area (Å²) in [6.07, 6.45) is 6.97. The Kier molecular flexibility index (Phi) is 6.63. The molecule has 4 nitrogen and oxygen atoms in total. The monoisotopic (exact) mass is 355 g/mol. The van der Waals surface area contributed by atoms with Crippen LogP contribution >= 0.6 is 12.4 Å². The fourth-order valence-electron chi connectivity index (χ4n) is 3.28. The molecule has 1 fully saturated rings. The zero-order valence-electron chi connectivity index (χ0n) is 13.8. The maximum atomic E-state index is 13.0. The Morgan fingerprint density at radius 1 is 1.12 bits per heavy atom. The molecule has 1 aromatic carbocycles. The van der Waals surface area contributed by atoms with Crippen LogP contribution in [0.4, 0.5) is 4.39 Å². The van der Waals surface area contributed by atoms with Crippen LogP contribution in [0.25, 0.3) is 11.3 Å². The molecule has 132 valence electrons. The van der Waals surface area contributed by atoms with Crippen LogP contribution in [0.2, 0.25) is 0 Å². The van der Waals surface area contributed by atoms with Gasteiger partial charge in [-0.15, -0.1) is 12.4 Å². The fraction of sp³-hybridized carbons (Fsp3) is 0.500. The smallest absolute Gasteiger partial charge is 0.395 e. The molecule has 0 aliphatic heterocycles. The minimum absolute atomic E-state index is 0. The van der Waals surface area contributed by atoms with Gasteiger partial charge in [-0.05, 0) is 44.2 Å². The first kappa shape index (κ1) is 18.7. The average Bonchev–Trinajstić information content (AvgIpc) is 2.95. The summed E-state index contributed by atoms with van der Waals surface area (Å²) in [6.45, 7) is 0.807. The first-order valence-corrected chi connectivity index (χ1v) is 8.22. The molecule has 1 heterocycles. The molecule has 1 aliphatic carbocycles. The van der Waals surface area contributed by atoms with E-state index in [1.54, 1.807) is 12.1 Å². The summed E-state index contributed by atoms with van der Waals surface area (Å²) in [6, 6.07) is 6.49. The van der Waals surface area contributed by atoms with Crippen LogP contribution in [0, 0.1) is 5.82 Å². The van der Waals surface area contributed by atoms with Crippen molar-refractivity contribution in [2.45, 2.75) is 44.6 Å². The van der Waals surface area contributed by atoms with E-state index in [0.717, 1.165) is 6.54 Å². The van der Waals surface area contributed by atoms with Gasteiger partial charge in [0.15, 0.2) is 11.5 Å². The summed E-state index contributed by atoms with van der Waals surface area (Å²) in [7, 11) is 2.12. The molecule has 0 amide bonds. The largest absolute Gasteiger partial charge is 0.519 e. The van der Waals surface area contributed by atoms with Gasteiger partial charge < -0.3 is 13.7 Å². The number of halogens is 2. The molecule has 0 radical (unpaired) electrons. The highest BCUT2D eigenvalue weighted by molar-refractivity contribution is 5.85. The van der Waals surface area contributed by atoms with Crippen molar-refractivity contribution in [2.75, 3.05) is 13.6 Å². The van der Waals surface area contributed by atoms with Crippen molar-refractivity contribution < 1.29 is 13.2 Å². The quantitative estimate of drug-likeness (QED) is 0.803. The normalized spacial score (nSPS) is 15.5. The summed E-state index contributed by atoms with van der Waals surface area (Å²) in [5.74, 6) is -0.0888. The van der Waals surface area contributed by atoms with E-state index < -0.39 is 5.82 Å². The third-order valence-corrected chi connectivity index (χ3v) is 4.64. The third kappa shape index (κ3) is 4.48. The Morgan fingerprint density at radius 2 is 1.79 bits per heavy atom. The minimum atomic E-state index is -0.709. The zero-order valence-corrected chi connectivity index (χ0v) is 14.6. The van der Waals surface area contributed by atoms with E-state index in [9.17, 15) is 9.18 Å². The van der Waals surface area contributed by atoms with E-state index in [2.05, 4.69) is 11.9 Å². The molecule has 3 rings (SSSR count). The number of rotatable bonds is 5. The number of nitrogens with zero attached hydrogens (tertiary/aromatic N) is 1. The topological polar surface area (TPSA) is 46.6 Å². The molecule has 1 saturated carbocycles. The first-order valence-electron chi connectivity index (χ1n) is 8.22. The van der Waals surface area contributed by atoms with Crippen LogP contribution in [0.1, 0.15) is 37.9 Å². The van der Waals surface area contributed by atoms with E-state index >= 15 is 0 Å². The lowest BCUT2D eigenvalue weighted by molar-refractivity contribution is 0.190. The summed E-state index contributed by atoms with van der Waals surface area (Å²) in [5.41, 5.74) is 0.660. The lowest BCUT2D eigenvalue weighted by Crippen LogP contribution is -2.34. The highest BCUT2D eigenvalue weighted by Crippen LogP contribution is 2.25. The summed E-state index contributed by atoms with van der Waals surface area (Å²) in [5, 5.41) is 0. The molecule has 0 bridgehead atoms. The van der Waals surface area contributed by atoms with Gasteiger partial charge in [-0.3, -0.25) is 0 Å². The molecule has 1 aromatic heterocycles. The Balaban J connectivity index is 0.00000208. The van der Waals surface area contributed by atoms with Crippen LogP contribution in [0.15, 0.2) is 37.9 Å². The molecule has 2 aromatic rings. The Hall–Kier alpha value is -1.59. The van der Waals surface area contributed by atoms with Crippen LogP contribution in [-0.4, -0.2) is 24.5 Å². The van der Waals surface area contributed by atoms with Crippen LogP contribution in [-0.2, 0) is 6.42 Å². The summed E-state index contributed by atoms with van der Waals surface area (Å²) in [4.78, 5) is 13.8. The van der Waals surface area contributed by atoms with Gasteiger partial charge in [0.05, 0.1) is 0 Å².